The molecule has 0 heterocycles. The summed E-state index contributed by atoms with van der Waals surface area (Å²) in [5, 5.41) is 9.57. The number of para-hydroxylation sites is 2. The fourth-order valence-electron chi connectivity index (χ4n) is 2.08. The Hall–Kier alpha value is -3.02. The Labute approximate surface area is 134 Å². The van der Waals surface area contributed by atoms with Crippen molar-refractivity contribution in [3.63, 3.8) is 0 Å². The van der Waals surface area contributed by atoms with Crippen LogP contribution in [0.4, 0.5) is 0 Å². The minimum atomic E-state index is -0.575. The fourth-order valence-corrected chi connectivity index (χ4v) is 2.08. The van der Waals surface area contributed by atoms with E-state index in [1.165, 1.54) is 12.1 Å². The van der Waals surface area contributed by atoms with Crippen LogP contribution in [0.25, 0.3) is 0 Å². The van der Waals surface area contributed by atoms with E-state index >= 15 is 0 Å². The molecule has 3 N–H and O–H groups in total. The molecule has 0 aromatic heterocycles. The molecule has 2 aromatic carbocycles. The Morgan fingerprint density at radius 3 is 2.48 bits per heavy atom. The number of aromatic hydroxyl groups is 1. The predicted molar refractivity (Wildman–Crippen MR) is 85.0 cm³/mol. The molecule has 2 amide bonds. The van der Waals surface area contributed by atoms with Gasteiger partial charge in [-0.05, 0) is 30.2 Å². The highest BCUT2D eigenvalue weighted by molar-refractivity contribution is 5.97. The van der Waals surface area contributed by atoms with Gasteiger partial charge < -0.3 is 9.84 Å². The molecule has 6 nitrogen and oxygen atoms in total. The van der Waals surface area contributed by atoms with Crippen LogP contribution in [0.3, 0.4) is 0 Å². The van der Waals surface area contributed by atoms with Crippen LogP contribution >= 0.6 is 0 Å². The van der Waals surface area contributed by atoms with Crippen molar-refractivity contribution in [3.05, 3.63) is 59.7 Å². The van der Waals surface area contributed by atoms with Crippen molar-refractivity contribution in [2.24, 2.45) is 0 Å². The van der Waals surface area contributed by atoms with Crippen LogP contribution in [0.5, 0.6) is 11.5 Å². The van der Waals surface area contributed by atoms with Crippen LogP contribution in [0.2, 0.25) is 0 Å². The molecule has 23 heavy (non-hydrogen) atoms. The third-order valence-corrected chi connectivity index (χ3v) is 3.28. The normalized spacial score (nSPS) is 9.96. The Morgan fingerprint density at radius 1 is 1.04 bits per heavy atom. The number of aryl methyl sites for hydroxylation is 1. The van der Waals surface area contributed by atoms with Gasteiger partial charge in [0.2, 0.25) is 5.91 Å². The molecule has 0 radical (unpaired) electrons. The summed E-state index contributed by atoms with van der Waals surface area (Å²) >= 11 is 0. The predicted octanol–water partition coefficient (Wildman–Crippen LogP) is 1.79. The lowest BCUT2D eigenvalue weighted by atomic mass is 10.1. The molecule has 0 saturated heterocycles. The van der Waals surface area contributed by atoms with Crippen molar-refractivity contribution in [3.8, 4) is 11.5 Å². The van der Waals surface area contributed by atoms with Gasteiger partial charge in [0.15, 0.2) is 0 Å². The highest BCUT2D eigenvalue weighted by Gasteiger charge is 2.11. The van der Waals surface area contributed by atoms with Crippen molar-refractivity contribution in [1.29, 1.82) is 0 Å². The summed E-state index contributed by atoms with van der Waals surface area (Å²) in [5.74, 6) is -0.333. The number of hydrazine groups is 1. The van der Waals surface area contributed by atoms with Crippen molar-refractivity contribution in [1.82, 2.24) is 10.9 Å². The molecule has 120 valence electrons. The Morgan fingerprint density at radius 2 is 1.74 bits per heavy atom. The van der Waals surface area contributed by atoms with E-state index in [2.05, 4.69) is 10.9 Å². The molecule has 2 rings (SSSR count). The number of rotatable bonds is 5. The zero-order chi connectivity index (χ0) is 16.7. The molecule has 0 aliphatic rings. The number of phenols is 1. The Balaban J connectivity index is 1.84. The van der Waals surface area contributed by atoms with Gasteiger partial charge in [-0.25, -0.2) is 0 Å². The summed E-state index contributed by atoms with van der Waals surface area (Å²) in [6.45, 7) is 0. The van der Waals surface area contributed by atoms with E-state index in [4.69, 9.17) is 4.74 Å². The van der Waals surface area contributed by atoms with Crippen molar-refractivity contribution < 1.29 is 19.4 Å². The highest BCUT2D eigenvalue weighted by atomic mass is 16.5. The maximum atomic E-state index is 11.8. The second kappa shape index (κ2) is 7.84. The number of carbonyl (C=O) groups excluding carboxylic acids is 2. The van der Waals surface area contributed by atoms with E-state index < -0.39 is 5.91 Å². The van der Waals surface area contributed by atoms with Crippen molar-refractivity contribution in [2.45, 2.75) is 12.8 Å². The first kappa shape index (κ1) is 16.4. The summed E-state index contributed by atoms with van der Waals surface area (Å²) in [4.78, 5) is 23.6. The number of methoxy groups -OCH3 is 1. The molecular formula is C17H18N2O4. The molecule has 0 atom stereocenters. The van der Waals surface area contributed by atoms with Gasteiger partial charge in [-0.3, -0.25) is 20.4 Å². The average molecular weight is 314 g/mol. The second-order valence-electron chi connectivity index (χ2n) is 4.83. The molecule has 0 aliphatic carbocycles. The standard InChI is InChI=1S/C17H18N2O4/c1-23-15-9-5-2-6-12(15)10-11-16(21)18-19-17(22)13-7-3-4-8-14(13)20/h2-9,20H,10-11H2,1H3,(H,18,21)(H,19,22). The SMILES string of the molecule is COc1ccccc1CCC(=O)NNC(=O)c1ccccc1O. The molecule has 0 bridgehead atoms. The number of nitrogens with one attached hydrogen (secondary N) is 2. The Bertz CT molecular complexity index is 700. The largest absolute Gasteiger partial charge is 0.507 e. The van der Waals surface area contributed by atoms with E-state index in [1.54, 1.807) is 19.2 Å². The number of carbonyl (C=O) groups is 2. The first-order valence-corrected chi connectivity index (χ1v) is 7.11. The van der Waals surface area contributed by atoms with Gasteiger partial charge in [0.1, 0.15) is 11.5 Å². The van der Waals surface area contributed by atoms with E-state index in [9.17, 15) is 14.7 Å². The van der Waals surface area contributed by atoms with Crippen LogP contribution in [0.15, 0.2) is 48.5 Å². The molecule has 0 unspecified atom stereocenters. The summed E-state index contributed by atoms with van der Waals surface area (Å²) in [7, 11) is 1.57. The molecule has 2 aromatic rings. The number of ether oxygens (including phenoxy) is 1. The minimum absolute atomic E-state index is 0.0949. The van der Waals surface area contributed by atoms with E-state index in [1.807, 2.05) is 24.3 Å². The summed E-state index contributed by atoms with van der Waals surface area (Å²) in [5.41, 5.74) is 5.61. The van der Waals surface area contributed by atoms with Gasteiger partial charge in [-0.15, -0.1) is 0 Å². The van der Waals surface area contributed by atoms with Gasteiger partial charge in [0.25, 0.3) is 5.91 Å². The van der Waals surface area contributed by atoms with Gasteiger partial charge >= 0.3 is 0 Å². The average Bonchev–Trinajstić information content (AvgIpc) is 2.58. The number of benzene rings is 2. The number of amides is 2. The zero-order valence-electron chi connectivity index (χ0n) is 12.7. The van der Waals surface area contributed by atoms with Crippen LogP contribution in [0.1, 0.15) is 22.3 Å². The number of hydrogen-bond acceptors (Lipinski definition) is 4. The zero-order valence-corrected chi connectivity index (χ0v) is 12.7. The third kappa shape index (κ3) is 4.47. The lowest BCUT2D eigenvalue weighted by molar-refractivity contribution is -0.121. The first-order valence-electron chi connectivity index (χ1n) is 7.11. The molecule has 0 saturated carbocycles. The van der Waals surface area contributed by atoms with E-state index in [-0.39, 0.29) is 23.6 Å². The lowest BCUT2D eigenvalue weighted by Crippen LogP contribution is -2.41. The molecule has 0 spiro atoms. The topological polar surface area (TPSA) is 87.7 Å². The van der Waals surface area contributed by atoms with Crippen LogP contribution in [-0.2, 0) is 11.2 Å². The molecule has 6 heteroatoms. The summed E-state index contributed by atoms with van der Waals surface area (Å²) in [6, 6.07) is 13.5. The maximum absolute atomic E-state index is 11.8. The molecule has 0 fully saturated rings. The van der Waals surface area contributed by atoms with Gasteiger partial charge in [-0.1, -0.05) is 30.3 Å². The first-order chi connectivity index (χ1) is 11.1. The van der Waals surface area contributed by atoms with Crippen LogP contribution in [-0.4, -0.2) is 24.0 Å². The van der Waals surface area contributed by atoms with E-state index in [0.29, 0.717) is 6.42 Å². The number of phenolic OH excluding ortho intramolecular Hbond substituents is 1. The summed E-state index contributed by atoms with van der Waals surface area (Å²) < 4.78 is 5.22. The van der Waals surface area contributed by atoms with Gasteiger partial charge in [0, 0.05) is 6.42 Å². The van der Waals surface area contributed by atoms with Crippen LogP contribution in [0, 0.1) is 0 Å². The number of hydrogen-bond donors (Lipinski definition) is 3. The van der Waals surface area contributed by atoms with Crippen molar-refractivity contribution >= 4 is 11.8 Å². The molecular weight excluding hydrogens is 296 g/mol. The second-order valence-corrected chi connectivity index (χ2v) is 4.83. The van der Waals surface area contributed by atoms with Crippen LogP contribution < -0.4 is 15.6 Å². The molecule has 0 aliphatic heterocycles. The fraction of sp³-hybridized carbons (Fsp3) is 0.176. The highest BCUT2D eigenvalue weighted by Crippen LogP contribution is 2.18. The third-order valence-electron chi connectivity index (χ3n) is 3.28. The quantitative estimate of drug-likeness (QED) is 0.734. The smallest absolute Gasteiger partial charge is 0.273 e. The van der Waals surface area contributed by atoms with Crippen molar-refractivity contribution in [2.75, 3.05) is 7.11 Å². The van der Waals surface area contributed by atoms with Gasteiger partial charge in [0.05, 0.1) is 12.7 Å². The maximum Gasteiger partial charge on any atom is 0.273 e. The van der Waals surface area contributed by atoms with E-state index in [0.717, 1.165) is 11.3 Å². The Kier molecular flexibility index (Phi) is 5.57. The lowest BCUT2D eigenvalue weighted by Gasteiger charge is -2.10. The van der Waals surface area contributed by atoms with Gasteiger partial charge in [-0.2, -0.15) is 0 Å². The summed E-state index contributed by atoms with van der Waals surface area (Å²) in [6.07, 6.45) is 0.684. The minimum Gasteiger partial charge on any atom is -0.507 e. The monoisotopic (exact) mass is 314 g/mol.